The van der Waals surface area contributed by atoms with Gasteiger partial charge in [-0.2, -0.15) is 0 Å². The van der Waals surface area contributed by atoms with Crippen molar-refractivity contribution in [1.29, 1.82) is 0 Å². The molecule has 0 spiro atoms. The molecule has 4 bridgehead atoms. The van der Waals surface area contributed by atoms with Crippen molar-refractivity contribution < 1.29 is 24.5 Å². The Morgan fingerprint density at radius 1 is 1.26 bits per heavy atom. The van der Waals surface area contributed by atoms with Gasteiger partial charge in [-0.15, -0.1) is 0 Å². The molecule has 2 N–H and O–H groups in total. The van der Waals surface area contributed by atoms with Crippen LogP contribution in [0.2, 0.25) is 0 Å². The van der Waals surface area contributed by atoms with Crippen LogP contribution in [0.5, 0.6) is 0 Å². The molecule has 5 heteroatoms. The molecule has 130 valence electrons. The Morgan fingerprint density at radius 3 is 2.43 bits per heavy atom. The van der Waals surface area contributed by atoms with E-state index in [4.69, 9.17) is 14.6 Å². The van der Waals surface area contributed by atoms with E-state index in [-0.39, 0.29) is 18.2 Å². The highest BCUT2D eigenvalue weighted by Gasteiger charge is 2.60. The first-order chi connectivity index (χ1) is 10.9. The molecule has 5 nitrogen and oxygen atoms in total. The summed E-state index contributed by atoms with van der Waals surface area (Å²) in [5.74, 6) is 0.812. The largest absolute Gasteiger partial charge is 0.456 e. The highest BCUT2D eigenvalue weighted by atomic mass is 16.6. The van der Waals surface area contributed by atoms with Gasteiger partial charge in [-0.25, -0.2) is 4.79 Å². The molecule has 0 heterocycles. The summed E-state index contributed by atoms with van der Waals surface area (Å²) in [6, 6.07) is 0. The first kappa shape index (κ1) is 16.9. The van der Waals surface area contributed by atoms with E-state index in [2.05, 4.69) is 6.58 Å². The van der Waals surface area contributed by atoms with Crippen LogP contribution >= 0.6 is 0 Å². The monoisotopic (exact) mass is 324 g/mol. The number of aliphatic hydroxyl groups is 2. The number of esters is 1. The minimum Gasteiger partial charge on any atom is -0.456 e. The van der Waals surface area contributed by atoms with Crippen molar-refractivity contribution in [2.75, 3.05) is 13.2 Å². The zero-order chi connectivity index (χ0) is 16.7. The summed E-state index contributed by atoms with van der Waals surface area (Å²) in [6.45, 7) is 5.58. The maximum absolute atomic E-state index is 12.1. The van der Waals surface area contributed by atoms with Crippen molar-refractivity contribution >= 4 is 5.97 Å². The average molecular weight is 324 g/mol. The van der Waals surface area contributed by atoms with Crippen LogP contribution in [0.3, 0.4) is 0 Å². The topological polar surface area (TPSA) is 76.0 Å². The Bertz CT molecular complexity index is 472. The second kappa shape index (κ2) is 6.19. The van der Waals surface area contributed by atoms with E-state index in [1.54, 1.807) is 6.92 Å². The van der Waals surface area contributed by atoms with Crippen LogP contribution in [0.25, 0.3) is 0 Å². The molecule has 4 aliphatic rings. The molecular formula is C18H28O5. The van der Waals surface area contributed by atoms with E-state index in [9.17, 15) is 9.90 Å². The summed E-state index contributed by atoms with van der Waals surface area (Å²) in [5, 5.41) is 18.4. The van der Waals surface area contributed by atoms with Crippen molar-refractivity contribution in [2.24, 2.45) is 11.8 Å². The maximum Gasteiger partial charge on any atom is 0.333 e. The number of aliphatic hydroxyl groups excluding tert-OH is 2. The highest BCUT2D eigenvalue weighted by Crippen LogP contribution is 2.60. The number of rotatable bonds is 7. The first-order valence-corrected chi connectivity index (χ1v) is 8.67. The van der Waals surface area contributed by atoms with Gasteiger partial charge in [-0.3, -0.25) is 0 Å². The minimum atomic E-state index is -0.723. The predicted octanol–water partition coefficient (Wildman–Crippen LogP) is 1.96. The quantitative estimate of drug-likeness (QED) is 0.553. The Morgan fingerprint density at radius 2 is 1.87 bits per heavy atom. The van der Waals surface area contributed by atoms with Crippen LogP contribution in [-0.2, 0) is 14.3 Å². The number of carbonyl (C=O) groups is 1. The van der Waals surface area contributed by atoms with E-state index >= 15 is 0 Å². The third-order valence-corrected chi connectivity index (χ3v) is 5.68. The van der Waals surface area contributed by atoms with Gasteiger partial charge in [-0.05, 0) is 57.3 Å². The Balaban J connectivity index is 1.68. The van der Waals surface area contributed by atoms with Crippen LogP contribution in [0.15, 0.2) is 12.2 Å². The number of carbonyl (C=O) groups excluding carboxylic acids is 1. The smallest absolute Gasteiger partial charge is 0.333 e. The molecule has 0 aromatic carbocycles. The van der Waals surface area contributed by atoms with E-state index in [1.807, 2.05) is 0 Å². The van der Waals surface area contributed by atoms with E-state index in [0.717, 1.165) is 32.1 Å². The van der Waals surface area contributed by atoms with Crippen LogP contribution < -0.4 is 0 Å². The Hall–Kier alpha value is -0.910. The lowest BCUT2D eigenvalue weighted by molar-refractivity contribution is -0.233. The molecule has 0 aliphatic heterocycles. The summed E-state index contributed by atoms with van der Waals surface area (Å²) in [7, 11) is 0. The standard InChI is InChI=1S/C18H28O5/c1-12(2)16(21)23-18-8-13-5-14(9-18)7-17(6-13,11-18)22-4-3-15(20)10-19/h13-15,19-20H,1,3-11H2,2H3. The Kier molecular flexibility index (Phi) is 4.55. The summed E-state index contributed by atoms with van der Waals surface area (Å²) in [5.41, 5.74) is -0.175. The van der Waals surface area contributed by atoms with E-state index in [1.165, 1.54) is 6.42 Å². The molecule has 0 saturated heterocycles. The molecule has 0 amide bonds. The number of hydrogen-bond donors (Lipinski definition) is 2. The first-order valence-electron chi connectivity index (χ1n) is 8.67. The molecule has 3 atom stereocenters. The third-order valence-electron chi connectivity index (χ3n) is 5.68. The molecular weight excluding hydrogens is 296 g/mol. The number of hydrogen-bond acceptors (Lipinski definition) is 5. The molecule has 4 saturated carbocycles. The summed E-state index contributed by atoms with van der Waals surface area (Å²) < 4.78 is 12.1. The second-order valence-electron chi connectivity index (χ2n) is 7.97. The van der Waals surface area contributed by atoms with Gasteiger partial charge in [0.15, 0.2) is 0 Å². The van der Waals surface area contributed by atoms with Gasteiger partial charge in [0.25, 0.3) is 0 Å². The molecule has 4 rings (SSSR count). The molecule has 3 unspecified atom stereocenters. The fourth-order valence-corrected chi connectivity index (χ4v) is 5.17. The normalized spacial score (nSPS) is 39.3. The second-order valence-corrected chi connectivity index (χ2v) is 7.97. The lowest BCUT2D eigenvalue weighted by atomic mass is 9.52. The molecule has 23 heavy (non-hydrogen) atoms. The highest BCUT2D eigenvalue weighted by molar-refractivity contribution is 5.87. The molecule has 0 radical (unpaired) electrons. The third kappa shape index (κ3) is 3.47. The molecule has 0 aromatic heterocycles. The van der Waals surface area contributed by atoms with Gasteiger partial charge in [0, 0.05) is 18.6 Å². The van der Waals surface area contributed by atoms with Gasteiger partial charge in [-0.1, -0.05) is 6.58 Å². The fourth-order valence-electron chi connectivity index (χ4n) is 5.17. The fraction of sp³-hybridized carbons (Fsp3) is 0.833. The zero-order valence-corrected chi connectivity index (χ0v) is 13.9. The van der Waals surface area contributed by atoms with Crippen molar-refractivity contribution in [2.45, 2.75) is 69.2 Å². The SMILES string of the molecule is C=C(C)C(=O)OC12CC3CC(CC(OCCC(O)CO)(C3)C1)C2. The van der Waals surface area contributed by atoms with Crippen LogP contribution in [0.1, 0.15) is 51.9 Å². The van der Waals surface area contributed by atoms with Crippen molar-refractivity contribution in [1.82, 2.24) is 0 Å². The summed E-state index contributed by atoms with van der Waals surface area (Å²) >= 11 is 0. The molecule has 0 aromatic rings. The Labute approximate surface area is 137 Å². The zero-order valence-electron chi connectivity index (χ0n) is 13.9. The van der Waals surface area contributed by atoms with Gasteiger partial charge in [0.2, 0.25) is 0 Å². The van der Waals surface area contributed by atoms with Crippen LogP contribution in [0.4, 0.5) is 0 Å². The van der Waals surface area contributed by atoms with Crippen LogP contribution in [-0.4, -0.2) is 46.7 Å². The van der Waals surface area contributed by atoms with Crippen molar-refractivity contribution in [3.05, 3.63) is 12.2 Å². The molecule has 4 aliphatic carbocycles. The lowest BCUT2D eigenvalue weighted by Crippen LogP contribution is -2.61. The van der Waals surface area contributed by atoms with E-state index in [0.29, 0.717) is 30.4 Å². The minimum absolute atomic E-state index is 0.228. The summed E-state index contributed by atoms with van der Waals surface area (Å²) in [6.07, 6.45) is 5.58. The van der Waals surface area contributed by atoms with Crippen molar-refractivity contribution in [3.63, 3.8) is 0 Å². The van der Waals surface area contributed by atoms with Gasteiger partial charge in [0.1, 0.15) is 5.60 Å². The summed E-state index contributed by atoms with van der Waals surface area (Å²) in [4.78, 5) is 12.1. The predicted molar refractivity (Wildman–Crippen MR) is 84.7 cm³/mol. The lowest BCUT2D eigenvalue weighted by Gasteiger charge is -2.60. The molecule has 4 fully saturated rings. The average Bonchev–Trinajstić information content (AvgIpc) is 2.44. The van der Waals surface area contributed by atoms with E-state index < -0.39 is 11.7 Å². The maximum atomic E-state index is 12.1. The van der Waals surface area contributed by atoms with Gasteiger partial charge in [0.05, 0.1) is 18.3 Å². The number of ether oxygens (including phenoxy) is 2. The van der Waals surface area contributed by atoms with Gasteiger partial charge < -0.3 is 19.7 Å². The van der Waals surface area contributed by atoms with Crippen molar-refractivity contribution in [3.8, 4) is 0 Å². The van der Waals surface area contributed by atoms with Gasteiger partial charge >= 0.3 is 5.97 Å². The van der Waals surface area contributed by atoms with Crippen LogP contribution in [0, 0.1) is 11.8 Å².